The van der Waals surface area contributed by atoms with E-state index in [1.165, 1.54) is 5.57 Å². The summed E-state index contributed by atoms with van der Waals surface area (Å²) in [5.41, 5.74) is 0.705. The molecule has 0 spiro atoms. The standard InChI is InChI=1S/C31H43N5O3/c1-7-30(5)26(37)36(31-15-10-11-22(29(2,3)4)18-23(31)19-31)28(39)35(30)20-21-14-16-32-25(17-21)33-27(38)34(6)24-12-8-9-13-24/h10,14-18,23-24H,7-9,11-13,19-20H2,1-6H3,(H,32,33,38). The van der Waals surface area contributed by atoms with Crippen molar-refractivity contribution in [2.75, 3.05) is 12.4 Å². The van der Waals surface area contributed by atoms with Gasteiger partial charge in [0.05, 0.1) is 5.54 Å². The summed E-state index contributed by atoms with van der Waals surface area (Å²) in [4.78, 5) is 50.1. The maximum atomic E-state index is 14.0. The predicted molar refractivity (Wildman–Crippen MR) is 152 cm³/mol. The molecule has 2 saturated carbocycles. The van der Waals surface area contributed by atoms with Gasteiger partial charge in [-0.15, -0.1) is 0 Å². The van der Waals surface area contributed by atoms with Crippen LogP contribution in [-0.2, 0) is 11.3 Å². The number of anilines is 1. The molecule has 1 saturated heterocycles. The molecule has 5 amide bonds. The molecule has 2 heterocycles. The molecule has 1 aromatic heterocycles. The summed E-state index contributed by atoms with van der Waals surface area (Å²) in [6, 6.07) is 3.49. The summed E-state index contributed by atoms with van der Waals surface area (Å²) in [7, 11) is 1.83. The maximum Gasteiger partial charge on any atom is 0.328 e. The first-order valence-electron chi connectivity index (χ1n) is 14.4. The van der Waals surface area contributed by atoms with E-state index < -0.39 is 11.1 Å². The number of aromatic nitrogens is 1. The lowest BCUT2D eigenvalue weighted by atomic mass is 9.84. The normalized spacial score (nSPS) is 28.9. The zero-order chi connectivity index (χ0) is 28.2. The third kappa shape index (κ3) is 4.76. The first-order valence-corrected chi connectivity index (χ1v) is 14.4. The van der Waals surface area contributed by atoms with E-state index in [0.29, 0.717) is 12.2 Å². The Hall–Kier alpha value is -3.16. The quantitative estimate of drug-likeness (QED) is 0.353. The first kappa shape index (κ1) is 27.4. The third-order valence-electron chi connectivity index (χ3n) is 9.52. The number of hydrogen-bond acceptors (Lipinski definition) is 4. The summed E-state index contributed by atoms with van der Waals surface area (Å²) >= 11 is 0. The predicted octanol–water partition coefficient (Wildman–Crippen LogP) is 6.11. The van der Waals surface area contributed by atoms with Gasteiger partial charge in [-0.05, 0) is 62.1 Å². The molecular weight excluding hydrogens is 490 g/mol. The van der Waals surface area contributed by atoms with Crippen LogP contribution in [0.25, 0.3) is 0 Å². The van der Waals surface area contributed by atoms with E-state index in [-0.39, 0.29) is 41.9 Å². The van der Waals surface area contributed by atoms with Crippen molar-refractivity contribution in [3.8, 4) is 0 Å². The Bertz CT molecular complexity index is 1230. The second kappa shape index (κ2) is 9.79. The molecule has 1 aromatic rings. The smallest absolute Gasteiger partial charge is 0.325 e. The number of carbonyl (C=O) groups excluding carboxylic acids is 3. The fraction of sp³-hybridized carbons (Fsp3) is 0.613. The van der Waals surface area contributed by atoms with Gasteiger partial charge in [-0.2, -0.15) is 0 Å². The van der Waals surface area contributed by atoms with Gasteiger partial charge in [-0.1, -0.05) is 64.3 Å². The highest BCUT2D eigenvalue weighted by Gasteiger charge is 2.67. The molecule has 0 bridgehead atoms. The zero-order valence-corrected chi connectivity index (χ0v) is 24.3. The van der Waals surface area contributed by atoms with E-state index in [1.54, 1.807) is 27.0 Å². The van der Waals surface area contributed by atoms with Crippen molar-refractivity contribution in [3.63, 3.8) is 0 Å². The summed E-state index contributed by atoms with van der Waals surface area (Å²) in [6.45, 7) is 10.7. The Morgan fingerprint density at radius 2 is 1.95 bits per heavy atom. The number of pyridine rings is 1. The highest BCUT2D eigenvalue weighted by atomic mass is 16.2. The average Bonchev–Trinajstić information content (AvgIpc) is 3.26. The minimum Gasteiger partial charge on any atom is -0.325 e. The van der Waals surface area contributed by atoms with Crippen molar-refractivity contribution in [2.45, 2.75) is 103 Å². The molecule has 3 unspecified atom stereocenters. The summed E-state index contributed by atoms with van der Waals surface area (Å²) in [5.74, 6) is 0.470. The van der Waals surface area contributed by atoms with Crippen molar-refractivity contribution < 1.29 is 14.4 Å². The van der Waals surface area contributed by atoms with Gasteiger partial charge in [0.15, 0.2) is 0 Å². The van der Waals surface area contributed by atoms with E-state index >= 15 is 0 Å². The van der Waals surface area contributed by atoms with Crippen LogP contribution in [0.1, 0.15) is 85.1 Å². The fourth-order valence-electron chi connectivity index (χ4n) is 6.48. The lowest BCUT2D eigenvalue weighted by Gasteiger charge is -2.30. The molecule has 4 aliphatic rings. The number of urea groups is 2. The molecule has 1 aliphatic heterocycles. The van der Waals surface area contributed by atoms with Gasteiger partial charge in [-0.25, -0.2) is 14.6 Å². The van der Waals surface area contributed by atoms with Gasteiger partial charge in [0.25, 0.3) is 5.91 Å². The molecule has 3 atom stereocenters. The van der Waals surface area contributed by atoms with Gasteiger partial charge in [0.2, 0.25) is 0 Å². The topological polar surface area (TPSA) is 85.9 Å². The van der Waals surface area contributed by atoms with E-state index in [9.17, 15) is 14.4 Å². The Kier molecular flexibility index (Phi) is 6.88. The molecule has 3 fully saturated rings. The first-order chi connectivity index (χ1) is 18.4. The van der Waals surface area contributed by atoms with E-state index in [1.807, 2.05) is 27.0 Å². The lowest BCUT2D eigenvalue weighted by molar-refractivity contribution is -0.134. The summed E-state index contributed by atoms with van der Waals surface area (Å²) in [5, 5.41) is 2.91. The number of nitrogens with zero attached hydrogens (tertiary/aromatic N) is 4. The molecule has 8 heteroatoms. The van der Waals surface area contributed by atoms with Gasteiger partial charge in [0.1, 0.15) is 11.4 Å². The van der Waals surface area contributed by atoms with Crippen LogP contribution in [0.15, 0.2) is 42.1 Å². The van der Waals surface area contributed by atoms with Crippen LogP contribution < -0.4 is 5.32 Å². The number of fused-ring (bicyclic) bond motifs is 1. The highest BCUT2D eigenvalue weighted by molar-refractivity contribution is 6.08. The summed E-state index contributed by atoms with van der Waals surface area (Å²) in [6.07, 6.45) is 14.7. The monoisotopic (exact) mass is 533 g/mol. The van der Waals surface area contributed by atoms with Crippen molar-refractivity contribution in [1.29, 1.82) is 0 Å². The number of nitrogens with one attached hydrogen (secondary N) is 1. The minimum atomic E-state index is -0.939. The molecule has 1 N–H and O–H groups in total. The van der Waals surface area contributed by atoms with Crippen LogP contribution in [0.3, 0.4) is 0 Å². The maximum absolute atomic E-state index is 14.0. The minimum absolute atomic E-state index is 0.0480. The van der Waals surface area contributed by atoms with E-state index in [2.05, 4.69) is 49.3 Å². The molecule has 3 aliphatic carbocycles. The number of carbonyl (C=O) groups is 3. The van der Waals surface area contributed by atoms with E-state index in [4.69, 9.17) is 0 Å². The van der Waals surface area contributed by atoms with Crippen LogP contribution >= 0.6 is 0 Å². The molecule has 8 nitrogen and oxygen atoms in total. The van der Waals surface area contributed by atoms with E-state index in [0.717, 1.165) is 44.1 Å². The molecule has 5 rings (SSSR count). The van der Waals surface area contributed by atoms with Gasteiger partial charge in [-0.3, -0.25) is 15.0 Å². The summed E-state index contributed by atoms with van der Waals surface area (Å²) < 4.78 is 0. The average molecular weight is 534 g/mol. The lowest BCUT2D eigenvalue weighted by Crippen LogP contribution is -2.47. The number of hydrogen-bond donors (Lipinski definition) is 1. The van der Waals surface area contributed by atoms with Crippen LogP contribution in [0.5, 0.6) is 0 Å². The van der Waals surface area contributed by atoms with Crippen molar-refractivity contribution in [3.05, 3.63) is 47.7 Å². The second-order valence-corrected chi connectivity index (χ2v) is 13.0. The van der Waals surface area contributed by atoms with Crippen LogP contribution in [0.2, 0.25) is 0 Å². The Labute approximate surface area is 232 Å². The SMILES string of the molecule is CCC1(C)C(=O)N(C23C=CCC(C(C)(C)C)=CC2C3)C(=O)N1Cc1ccnc(NC(=O)N(C)C2CCCC2)c1. The highest BCUT2D eigenvalue weighted by Crippen LogP contribution is 2.56. The van der Waals surface area contributed by atoms with Crippen molar-refractivity contribution in [1.82, 2.24) is 19.7 Å². The molecular formula is C31H43N5O3. The number of rotatable bonds is 6. The fourth-order valence-corrected chi connectivity index (χ4v) is 6.48. The number of imide groups is 1. The van der Waals surface area contributed by atoms with Crippen LogP contribution in [-0.4, -0.2) is 61.8 Å². The largest absolute Gasteiger partial charge is 0.328 e. The Balaban J connectivity index is 1.35. The zero-order valence-electron chi connectivity index (χ0n) is 24.3. The van der Waals surface area contributed by atoms with Gasteiger partial charge >= 0.3 is 12.1 Å². The number of amides is 5. The van der Waals surface area contributed by atoms with Crippen molar-refractivity contribution in [2.24, 2.45) is 11.3 Å². The molecule has 0 radical (unpaired) electrons. The second-order valence-electron chi connectivity index (χ2n) is 13.0. The van der Waals surface area contributed by atoms with Crippen LogP contribution in [0.4, 0.5) is 15.4 Å². The van der Waals surface area contributed by atoms with Crippen LogP contribution in [0, 0.1) is 11.3 Å². The van der Waals surface area contributed by atoms with Crippen molar-refractivity contribution >= 4 is 23.8 Å². The molecule has 39 heavy (non-hydrogen) atoms. The Morgan fingerprint density at radius 3 is 2.62 bits per heavy atom. The molecule has 0 aromatic carbocycles. The number of allylic oxidation sites excluding steroid dienone is 2. The Morgan fingerprint density at radius 1 is 1.23 bits per heavy atom. The molecule has 210 valence electrons. The van der Waals surface area contributed by atoms with Gasteiger partial charge in [0, 0.05) is 31.7 Å². The van der Waals surface area contributed by atoms with Gasteiger partial charge < -0.3 is 9.80 Å². The third-order valence-corrected chi connectivity index (χ3v) is 9.52.